The van der Waals surface area contributed by atoms with Crippen LogP contribution in [0.4, 0.5) is 5.95 Å². The van der Waals surface area contributed by atoms with E-state index in [1.54, 1.807) is 0 Å². The number of hydrogen-bond donors (Lipinski definition) is 2. The molecule has 23 heavy (non-hydrogen) atoms. The molecule has 1 atom stereocenters. The van der Waals surface area contributed by atoms with Crippen LogP contribution in [0.5, 0.6) is 0 Å². The number of nitrogens with one attached hydrogen (secondary N) is 2. The van der Waals surface area contributed by atoms with E-state index >= 15 is 0 Å². The first-order valence-electron chi connectivity index (χ1n) is 7.74. The number of rotatable bonds is 5. The second kappa shape index (κ2) is 6.60. The predicted octanol–water partition coefficient (Wildman–Crippen LogP) is 1.43. The monoisotopic (exact) mass is 313 g/mol. The van der Waals surface area contributed by atoms with Crippen molar-refractivity contribution in [3.63, 3.8) is 0 Å². The SMILES string of the molecule is CCCc1nc2n(n1)C(C(=O)NCc1ccccc1)CC(=O)N2. The molecule has 3 rings (SSSR count). The zero-order valence-corrected chi connectivity index (χ0v) is 13.0. The van der Waals surface area contributed by atoms with Crippen molar-refractivity contribution in [1.82, 2.24) is 20.1 Å². The van der Waals surface area contributed by atoms with Crippen LogP contribution in [0, 0.1) is 0 Å². The lowest BCUT2D eigenvalue weighted by Gasteiger charge is -2.22. The summed E-state index contributed by atoms with van der Waals surface area (Å²) in [5.74, 6) is 0.556. The van der Waals surface area contributed by atoms with Crippen LogP contribution in [-0.4, -0.2) is 26.6 Å². The first-order chi connectivity index (χ1) is 11.2. The number of carbonyl (C=O) groups excluding carboxylic acids is 2. The van der Waals surface area contributed by atoms with Crippen LogP contribution in [0.15, 0.2) is 30.3 Å². The third kappa shape index (κ3) is 3.39. The minimum absolute atomic E-state index is 0.0720. The van der Waals surface area contributed by atoms with Gasteiger partial charge in [-0.15, -0.1) is 0 Å². The smallest absolute Gasteiger partial charge is 0.245 e. The molecule has 7 nitrogen and oxygen atoms in total. The number of hydrogen-bond acceptors (Lipinski definition) is 4. The highest BCUT2D eigenvalue weighted by atomic mass is 16.2. The van der Waals surface area contributed by atoms with Crippen molar-refractivity contribution in [3.05, 3.63) is 41.7 Å². The van der Waals surface area contributed by atoms with Crippen molar-refractivity contribution in [2.24, 2.45) is 0 Å². The van der Waals surface area contributed by atoms with Crippen LogP contribution in [-0.2, 0) is 22.6 Å². The van der Waals surface area contributed by atoms with Gasteiger partial charge in [0.15, 0.2) is 5.82 Å². The number of benzene rings is 1. The Balaban J connectivity index is 1.74. The normalized spacial score (nSPS) is 16.6. The maximum absolute atomic E-state index is 12.5. The van der Waals surface area contributed by atoms with Gasteiger partial charge >= 0.3 is 0 Å². The third-order valence-corrected chi connectivity index (χ3v) is 3.69. The molecule has 0 saturated carbocycles. The number of aromatic nitrogens is 3. The maximum atomic E-state index is 12.5. The average Bonchev–Trinajstić information content (AvgIpc) is 2.95. The second-order valence-electron chi connectivity index (χ2n) is 5.52. The fraction of sp³-hybridized carbons (Fsp3) is 0.375. The van der Waals surface area contributed by atoms with Crippen molar-refractivity contribution in [2.75, 3.05) is 5.32 Å². The fourth-order valence-electron chi connectivity index (χ4n) is 2.54. The molecule has 0 saturated heterocycles. The van der Waals surface area contributed by atoms with Gasteiger partial charge in [-0.3, -0.25) is 14.9 Å². The van der Waals surface area contributed by atoms with Crippen molar-refractivity contribution in [1.29, 1.82) is 0 Å². The fourth-order valence-corrected chi connectivity index (χ4v) is 2.54. The van der Waals surface area contributed by atoms with Crippen LogP contribution in [0.1, 0.15) is 37.2 Å². The summed E-state index contributed by atoms with van der Waals surface area (Å²) < 4.78 is 1.52. The van der Waals surface area contributed by atoms with Crippen LogP contribution >= 0.6 is 0 Å². The van der Waals surface area contributed by atoms with Crippen molar-refractivity contribution in [3.8, 4) is 0 Å². The highest BCUT2D eigenvalue weighted by Gasteiger charge is 2.32. The zero-order valence-electron chi connectivity index (χ0n) is 13.0. The van der Waals surface area contributed by atoms with E-state index in [0.29, 0.717) is 24.7 Å². The van der Waals surface area contributed by atoms with Crippen LogP contribution in [0.2, 0.25) is 0 Å². The Bertz CT molecular complexity index is 711. The lowest BCUT2D eigenvalue weighted by molar-refractivity contribution is -0.129. The molecule has 1 aliphatic rings. The molecular formula is C16H19N5O2. The topological polar surface area (TPSA) is 88.9 Å². The minimum Gasteiger partial charge on any atom is -0.350 e. The van der Waals surface area contributed by atoms with Crippen LogP contribution < -0.4 is 10.6 Å². The van der Waals surface area contributed by atoms with Gasteiger partial charge in [0.25, 0.3) is 0 Å². The van der Waals surface area contributed by atoms with Gasteiger partial charge in [0.05, 0.1) is 6.42 Å². The Morgan fingerprint density at radius 2 is 2.17 bits per heavy atom. The summed E-state index contributed by atoms with van der Waals surface area (Å²) in [6, 6.07) is 8.99. The zero-order chi connectivity index (χ0) is 16.2. The predicted molar refractivity (Wildman–Crippen MR) is 84.6 cm³/mol. The number of aryl methyl sites for hydroxylation is 1. The standard InChI is InChI=1S/C16H19N5O2/c1-2-6-13-18-16-19-14(22)9-12(21(16)20-13)15(23)17-10-11-7-4-3-5-8-11/h3-5,7-8,12H,2,6,9-10H2,1H3,(H,17,23)(H,18,19,20,22). The molecule has 1 aliphatic heterocycles. The summed E-state index contributed by atoms with van der Waals surface area (Å²) in [4.78, 5) is 28.6. The summed E-state index contributed by atoms with van der Waals surface area (Å²) in [5.41, 5.74) is 1.01. The van der Waals surface area contributed by atoms with Crippen LogP contribution in [0.3, 0.4) is 0 Å². The summed E-state index contributed by atoms with van der Waals surface area (Å²) in [6.45, 7) is 2.45. The van der Waals surface area contributed by atoms with E-state index in [1.807, 2.05) is 37.3 Å². The number of fused-ring (bicyclic) bond motifs is 1. The quantitative estimate of drug-likeness (QED) is 0.874. The molecule has 0 aliphatic carbocycles. The van der Waals surface area contributed by atoms with E-state index in [9.17, 15) is 9.59 Å². The number of nitrogens with zero attached hydrogens (tertiary/aromatic N) is 3. The highest BCUT2D eigenvalue weighted by Crippen LogP contribution is 2.23. The lowest BCUT2D eigenvalue weighted by atomic mass is 10.1. The molecule has 0 fully saturated rings. The van der Waals surface area contributed by atoms with E-state index < -0.39 is 6.04 Å². The van der Waals surface area contributed by atoms with E-state index in [0.717, 1.165) is 12.0 Å². The number of carbonyl (C=O) groups is 2. The van der Waals surface area contributed by atoms with E-state index in [4.69, 9.17) is 0 Å². The van der Waals surface area contributed by atoms with E-state index in [2.05, 4.69) is 20.7 Å². The van der Waals surface area contributed by atoms with Gasteiger partial charge in [-0.2, -0.15) is 10.1 Å². The van der Waals surface area contributed by atoms with Gasteiger partial charge in [0, 0.05) is 13.0 Å². The van der Waals surface area contributed by atoms with E-state index in [1.165, 1.54) is 4.68 Å². The molecule has 0 bridgehead atoms. The van der Waals surface area contributed by atoms with Crippen molar-refractivity contribution in [2.45, 2.75) is 38.8 Å². The van der Waals surface area contributed by atoms with E-state index in [-0.39, 0.29) is 18.2 Å². The number of anilines is 1. The summed E-state index contributed by atoms with van der Waals surface area (Å²) in [6.07, 6.45) is 1.69. The van der Waals surface area contributed by atoms with Gasteiger partial charge in [-0.25, -0.2) is 4.68 Å². The largest absolute Gasteiger partial charge is 0.350 e. The lowest BCUT2D eigenvalue weighted by Crippen LogP contribution is -2.39. The molecule has 1 aromatic heterocycles. The summed E-state index contributed by atoms with van der Waals surface area (Å²) in [5, 5.41) is 9.89. The molecule has 2 heterocycles. The Morgan fingerprint density at radius 1 is 1.39 bits per heavy atom. The van der Waals surface area contributed by atoms with Gasteiger partial charge in [0.1, 0.15) is 6.04 Å². The molecule has 120 valence electrons. The molecule has 1 aromatic carbocycles. The molecular weight excluding hydrogens is 294 g/mol. The molecule has 2 N–H and O–H groups in total. The molecule has 0 radical (unpaired) electrons. The minimum atomic E-state index is -0.652. The highest BCUT2D eigenvalue weighted by molar-refractivity contribution is 5.96. The van der Waals surface area contributed by atoms with Crippen LogP contribution in [0.25, 0.3) is 0 Å². The van der Waals surface area contributed by atoms with Crippen molar-refractivity contribution < 1.29 is 9.59 Å². The Morgan fingerprint density at radius 3 is 2.91 bits per heavy atom. The van der Waals surface area contributed by atoms with Crippen molar-refractivity contribution >= 4 is 17.8 Å². The molecule has 0 spiro atoms. The molecule has 2 amide bonds. The van der Waals surface area contributed by atoms with Gasteiger partial charge < -0.3 is 5.32 Å². The molecule has 1 unspecified atom stereocenters. The van der Waals surface area contributed by atoms with Gasteiger partial charge in [0.2, 0.25) is 17.8 Å². The average molecular weight is 313 g/mol. The third-order valence-electron chi connectivity index (χ3n) is 3.69. The van der Waals surface area contributed by atoms with Gasteiger partial charge in [-0.1, -0.05) is 37.3 Å². The Labute approximate surface area is 134 Å². The molecule has 7 heteroatoms. The molecule has 2 aromatic rings. The first-order valence-corrected chi connectivity index (χ1v) is 7.74. The summed E-state index contributed by atoms with van der Waals surface area (Å²) in [7, 11) is 0. The Kier molecular flexibility index (Phi) is 4.36. The maximum Gasteiger partial charge on any atom is 0.245 e. The second-order valence-corrected chi connectivity index (χ2v) is 5.52. The number of amides is 2. The summed E-state index contributed by atoms with van der Waals surface area (Å²) >= 11 is 0. The first kappa shape index (κ1) is 15.2. The Hall–Kier alpha value is -2.70. The van der Waals surface area contributed by atoms with Gasteiger partial charge in [-0.05, 0) is 12.0 Å².